The topological polar surface area (TPSA) is 193 Å². The number of amides is 3. The Morgan fingerprint density at radius 2 is 1.66 bits per heavy atom. The molecule has 1 saturated heterocycles. The molecule has 0 bridgehead atoms. The number of nitrogens with two attached hydrogens (primary N) is 2. The van der Waals surface area contributed by atoms with E-state index in [0.717, 1.165) is 28.7 Å². The predicted octanol–water partition coefficient (Wildman–Crippen LogP) is 1.67. The largest absolute Gasteiger partial charge is 0.366 e. The van der Waals surface area contributed by atoms with Crippen LogP contribution >= 0.6 is 0 Å². The van der Waals surface area contributed by atoms with E-state index in [1.54, 1.807) is 29.2 Å². The molecule has 5 rings (SSSR count). The highest BCUT2D eigenvalue weighted by Crippen LogP contribution is 2.47. The summed E-state index contributed by atoms with van der Waals surface area (Å²) in [6, 6.07) is 11.9. The zero-order valence-corrected chi connectivity index (χ0v) is 25.2. The Morgan fingerprint density at radius 3 is 2.16 bits per heavy atom. The highest BCUT2D eigenvalue weighted by Gasteiger charge is 2.45. The zero-order chi connectivity index (χ0) is 31.8. The Bertz CT molecular complexity index is 1650. The molecule has 6 N–H and O–H groups in total. The molecule has 0 radical (unpaired) electrons. The SMILES string of the molecule is CC(C)n1nc(C2(C[C@@H](C)NCC(=O)N3CCC[C@H]3C#N)c3ccc(C(N)=O)cc3CCc3cc(C(N)=O)ccc32)[nH]c1=O. The van der Waals surface area contributed by atoms with Crippen molar-refractivity contribution in [1.82, 2.24) is 25.0 Å². The summed E-state index contributed by atoms with van der Waals surface area (Å²) in [4.78, 5) is 55.3. The van der Waals surface area contributed by atoms with Gasteiger partial charge in [-0.25, -0.2) is 9.48 Å². The monoisotopic (exact) mass is 598 g/mol. The van der Waals surface area contributed by atoms with E-state index in [4.69, 9.17) is 16.6 Å². The van der Waals surface area contributed by atoms with Crippen LogP contribution < -0.4 is 22.5 Å². The number of hydrogen-bond acceptors (Lipinski definition) is 7. The molecule has 0 saturated carbocycles. The number of nitriles is 1. The van der Waals surface area contributed by atoms with E-state index in [-0.39, 0.29) is 30.2 Å². The summed E-state index contributed by atoms with van der Waals surface area (Å²) in [7, 11) is 0. The molecule has 1 aromatic heterocycles. The number of carbonyl (C=O) groups is 3. The number of primary amides is 2. The van der Waals surface area contributed by atoms with Crippen LogP contribution in [-0.2, 0) is 23.1 Å². The first kappa shape index (κ1) is 30.7. The standard InChI is InChI=1S/C32H38N8O4/c1-18(2)40-31(44)37-30(38-40)32(15-19(3)36-17-27(41)39-12-4-5-24(39)16-33)25-10-8-22(28(34)42)13-20(25)6-7-21-14-23(29(35)43)9-11-26(21)32/h8-11,13-14,18-19,24,36H,4-7,12,15,17H2,1-3H3,(H2,34,42)(H2,35,43)(H,37,38,44)/t19-,24+/m1/s1. The number of likely N-dealkylation sites (tertiary alicyclic amines) is 1. The fourth-order valence-electron chi connectivity index (χ4n) is 6.70. The predicted molar refractivity (Wildman–Crippen MR) is 163 cm³/mol. The van der Waals surface area contributed by atoms with Crippen molar-refractivity contribution in [2.45, 2.75) is 76.4 Å². The van der Waals surface area contributed by atoms with Crippen LogP contribution in [0.25, 0.3) is 0 Å². The van der Waals surface area contributed by atoms with Gasteiger partial charge in [-0.15, -0.1) is 0 Å². The first-order valence-corrected chi connectivity index (χ1v) is 14.9. The fourth-order valence-corrected chi connectivity index (χ4v) is 6.70. The van der Waals surface area contributed by atoms with Gasteiger partial charge in [0.25, 0.3) is 0 Å². The maximum Gasteiger partial charge on any atom is 0.343 e. The molecule has 3 amide bonds. The van der Waals surface area contributed by atoms with E-state index in [1.807, 2.05) is 32.9 Å². The average molecular weight is 599 g/mol. The van der Waals surface area contributed by atoms with Gasteiger partial charge in [0.1, 0.15) is 11.9 Å². The Kier molecular flexibility index (Phi) is 8.43. The van der Waals surface area contributed by atoms with E-state index >= 15 is 0 Å². The van der Waals surface area contributed by atoms with Crippen molar-refractivity contribution >= 4 is 17.7 Å². The van der Waals surface area contributed by atoms with Gasteiger partial charge in [-0.1, -0.05) is 12.1 Å². The Hall–Kier alpha value is -4.76. The molecular formula is C32H38N8O4. The number of aryl methyl sites for hydroxylation is 2. The van der Waals surface area contributed by atoms with Crippen molar-refractivity contribution in [3.05, 3.63) is 86.1 Å². The van der Waals surface area contributed by atoms with E-state index in [1.165, 1.54) is 4.68 Å². The number of H-pyrrole nitrogens is 1. The number of benzene rings is 2. The van der Waals surface area contributed by atoms with Gasteiger partial charge < -0.3 is 21.7 Å². The molecule has 2 atom stereocenters. The van der Waals surface area contributed by atoms with Crippen LogP contribution in [0.4, 0.5) is 0 Å². The summed E-state index contributed by atoms with van der Waals surface area (Å²) in [5.41, 5.74) is 14.0. The van der Waals surface area contributed by atoms with Crippen molar-refractivity contribution < 1.29 is 14.4 Å². The second-order valence-corrected chi connectivity index (χ2v) is 12.1. The highest BCUT2D eigenvalue weighted by atomic mass is 16.2. The number of aromatic amines is 1. The third-order valence-electron chi connectivity index (χ3n) is 8.83. The molecule has 1 fully saturated rings. The van der Waals surface area contributed by atoms with Gasteiger partial charge in [-0.3, -0.25) is 19.4 Å². The summed E-state index contributed by atoms with van der Waals surface area (Å²) in [6.07, 6.45) is 2.89. The first-order chi connectivity index (χ1) is 21.0. The number of nitrogens with zero attached hydrogens (tertiary/aromatic N) is 4. The summed E-state index contributed by atoms with van der Waals surface area (Å²) in [5.74, 6) is -0.853. The number of rotatable bonds is 9. The quantitative estimate of drug-likeness (QED) is 0.288. The summed E-state index contributed by atoms with van der Waals surface area (Å²) >= 11 is 0. The number of carbonyl (C=O) groups excluding carboxylic acids is 3. The molecule has 0 unspecified atom stereocenters. The van der Waals surface area contributed by atoms with Gasteiger partial charge in [0.05, 0.1) is 24.1 Å². The fraction of sp³-hybridized carbons (Fsp3) is 0.438. The van der Waals surface area contributed by atoms with Crippen molar-refractivity contribution in [2.75, 3.05) is 13.1 Å². The lowest BCUT2D eigenvalue weighted by atomic mass is 9.67. The van der Waals surface area contributed by atoms with Gasteiger partial charge in [-0.05, 0) is 99.4 Å². The minimum Gasteiger partial charge on any atom is -0.366 e. The lowest BCUT2D eigenvalue weighted by molar-refractivity contribution is -0.130. The second kappa shape index (κ2) is 12.1. The first-order valence-electron chi connectivity index (χ1n) is 14.9. The van der Waals surface area contributed by atoms with Crippen LogP contribution in [0.15, 0.2) is 41.2 Å². The maximum absolute atomic E-state index is 13.2. The molecule has 3 aromatic rings. The molecule has 12 heteroatoms. The van der Waals surface area contributed by atoms with E-state index in [9.17, 15) is 24.4 Å². The minimum absolute atomic E-state index is 0.0350. The number of aromatic nitrogens is 3. The third kappa shape index (κ3) is 5.51. The normalized spacial score (nSPS) is 17.8. The molecule has 44 heavy (non-hydrogen) atoms. The number of hydrogen-bond donors (Lipinski definition) is 4. The number of nitrogens with one attached hydrogen (secondary N) is 2. The molecule has 2 aliphatic rings. The van der Waals surface area contributed by atoms with Gasteiger partial charge in [-0.2, -0.15) is 10.4 Å². The van der Waals surface area contributed by atoms with Crippen LogP contribution in [0, 0.1) is 11.3 Å². The van der Waals surface area contributed by atoms with Crippen LogP contribution in [0.1, 0.15) is 94.9 Å². The molecule has 1 aliphatic heterocycles. The van der Waals surface area contributed by atoms with E-state index in [0.29, 0.717) is 49.2 Å². The van der Waals surface area contributed by atoms with Gasteiger partial charge in [0.15, 0.2) is 0 Å². The molecule has 0 spiro atoms. The molecular weight excluding hydrogens is 560 g/mol. The summed E-state index contributed by atoms with van der Waals surface area (Å²) in [6.45, 7) is 6.28. The second-order valence-electron chi connectivity index (χ2n) is 12.1. The lowest BCUT2D eigenvalue weighted by Gasteiger charge is -2.37. The van der Waals surface area contributed by atoms with Crippen molar-refractivity contribution in [3.8, 4) is 6.07 Å². The van der Waals surface area contributed by atoms with Crippen molar-refractivity contribution in [1.29, 1.82) is 5.26 Å². The molecule has 1 aliphatic carbocycles. The van der Waals surface area contributed by atoms with Crippen molar-refractivity contribution in [3.63, 3.8) is 0 Å². The highest BCUT2D eigenvalue weighted by molar-refractivity contribution is 5.94. The smallest absolute Gasteiger partial charge is 0.343 e. The summed E-state index contributed by atoms with van der Waals surface area (Å²) < 4.78 is 1.40. The van der Waals surface area contributed by atoms with Crippen LogP contribution in [0.5, 0.6) is 0 Å². The Labute approximate surface area is 255 Å². The number of fused-ring (bicyclic) bond motifs is 2. The van der Waals surface area contributed by atoms with Crippen LogP contribution in [-0.4, -0.2) is 62.6 Å². The average Bonchev–Trinajstić information content (AvgIpc) is 3.61. The van der Waals surface area contributed by atoms with Crippen LogP contribution in [0.2, 0.25) is 0 Å². The minimum atomic E-state index is -1.05. The molecule has 12 nitrogen and oxygen atoms in total. The van der Waals surface area contributed by atoms with Gasteiger partial charge in [0.2, 0.25) is 17.7 Å². The molecule has 230 valence electrons. The molecule has 2 aromatic carbocycles. The third-order valence-corrected chi connectivity index (χ3v) is 8.83. The lowest BCUT2D eigenvalue weighted by Crippen LogP contribution is -2.45. The maximum atomic E-state index is 13.2. The van der Waals surface area contributed by atoms with Gasteiger partial charge in [0, 0.05) is 23.7 Å². The van der Waals surface area contributed by atoms with Crippen LogP contribution in [0.3, 0.4) is 0 Å². The Balaban J connectivity index is 1.67. The van der Waals surface area contributed by atoms with Crippen molar-refractivity contribution in [2.24, 2.45) is 11.5 Å². The van der Waals surface area contributed by atoms with E-state index in [2.05, 4.69) is 16.4 Å². The van der Waals surface area contributed by atoms with Gasteiger partial charge >= 0.3 is 5.69 Å². The summed E-state index contributed by atoms with van der Waals surface area (Å²) in [5, 5.41) is 17.6. The molecule has 2 heterocycles. The Morgan fingerprint density at radius 1 is 1.07 bits per heavy atom. The zero-order valence-electron chi connectivity index (χ0n) is 25.2. The van der Waals surface area contributed by atoms with E-state index < -0.39 is 23.3 Å².